The number of hydrogen-bond donors (Lipinski definition) is 2. The summed E-state index contributed by atoms with van der Waals surface area (Å²) >= 11 is 0. The molecule has 0 bridgehead atoms. The fourth-order valence-corrected chi connectivity index (χ4v) is 1.10. The van der Waals surface area contributed by atoms with Gasteiger partial charge >= 0.3 is 0 Å². The summed E-state index contributed by atoms with van der Waals surface area (Å²) in [7, 11) is 1.62. The number of carbonyl (C=O) groups excluding carboxylic acids is 1. The summed E-state index contributed by atoms with van der Waals surface area (Å²) in [5, 5.41) is 5.07. The van der Waals surface area contributed by atoms with Crippen LogP contribution in [0, 0.1) is 0 Å². The zero-order chi connectivity index (χ0) is 11.3. The maximum absolute atomic E-state index is 11.3. The third kappa shape index (κ3) is 2.70. The highest BCUT2D eigenvalue weighted by Gasteiger charge is 2.02. The Morgan fingerprint density at radius 2 is 2.27 bits per heavy atom. The minimum atomic E-state index is -0.179. The lowest BCUT2D eigenvalue weighted by Crippen LogP contribution is -2.07. The molecule has 5 nitrogen and oxygen atoms in total. The van der Waals surface area contributed by atoms with Crippen molar-refractivity contribution in [2.75, 3.05) is 7.05 Å². The van der Waals surface area contributed by atoms with Gasteiger partial charge in [0, 0.05) is 19.4 Å². The molecule has 0 aliphatic heterocycles. The maximum Gasteiger partial charge on any atom is 0.271 e. The molecular formula is C10H13N3O2. The van der Waals surface area contributed by atoms with Crippen molar-refractivity contribution in [3.8, 4) is 0 Å². The molecule has 0 saturated heterocycles. The average Bonchev–Trinajstić information content (AvgIpc) is 2.65. The van der Waals surface area contributed by atoms with Gasteiger partial charge in [-0.3, -0.25) is 14.7 Å². The number of amides is 1. The number of carbonyl (C=O) groups is 1. The maximum atomic E-state index is 11.3. The predicted octanol–water partition coefficient (Wildman–Crippen LogP) is 0.708. The Morgan fingerprint density at radius 3 is 2.73 bits per heavy atom. The van der Waals surface area contributed by atoms with Crippen LogP contribution in [-0.4, -0.2) is 28.6 Å². The molecular weight excluding hydrogens is 194 g/mol. The Hall–Kier alpha value is -2.04. The molecule has 1 amide bonds. The van der Waals surface area contributed by atoms with E-state index in [4.69, 9.17) is 0 Å². The third-order valence-corrected chi connectivity index (χ3v) is 1.92. The van der Waals surface area contributed by atoms with Crippen molar-refractivity contribution in [2.45, 2.75) is 6.92 Å². The molecule has 15 heavy (non-hydrogen) atoms. The highest BCUT2D eigenvalue weighted by atomic mass is 16.1. The molecule has 1 heterocycles. The van der Waals surface area contributed by atoms with Gasteiger partial charge in [0.2, 0.25) is 6.41 Å². The van der Waals surface area contributed by atoms with Gasteiger partial charge in [-0.1, -0.05) is 6.08 Å². The number of H-pyrrole nitrogens is 2. The standard InChI is InChI=1S/C10H13N3O2/c1-3-8(4-5-13(2)7-14)9-6-11-12-10(9)15/h3-7H,1-2H3,(H2,11,12,15)/b5-4-,8-3+. The van der Waals surface area contributed by atoms with E-state index < -0.39 is 0 Å². The van der Waals surface area contributed by atoms with Crippen molar-refractivity contribution in [3.05, 3.63) is 40.5 Å². The number of aromatic amines is 2. The van der Waals surface area contributed by atoms with Crippen LogP contribution in [-0.2, 0) is 4.79 Å². The average molecular weight is 207 g/mol. The Kier molecular flexibility index (Phi) is 3.68. The number of hydrogen-bond acceptors (Lipinski definition) is 2. The van der Waals surface area contributed by atoms with Gasteiger partial charge in [0.1, 0.15) is 0 Å². The Morgan fingerprint density at radius 1 is 1.53 bits per heavy atom. The summed E-state index contributed by atoms with van der Waals surface area (Å²) in [6, 6.07) is 0. The Labute approximate surface area is 87.1 Å². The fourth-order valence-electron chi connectivity index (χ4n) is 1.10. The first-order valence-electron chi connectivity index (χ1n) is 4.47. The SMILES string of the molecule is C/C=C(\C=C/N(C)C=O)c1c[nH][nH]c1=O. The van der Waals surface area contributed by atoms with Crippen LogP contribution in [0.3, 0.4) is 0 Å². The highest BCUT2D eigenvalue weighted by molar-refractivity contribution is 5.73. The second-order valence-corrected chi connectivity index (χ2v) is 2.99. The quantitative estimate of drug-likeness (QED) is 0.564. The zero-order valence-corrected chi connectivity index (χ0v) is 8.65. The van der Waals surface area contributed by atoms with Crippen LogP contribution in [0.25, 0.3) is 5.57 Å². The largest absolute Gasteiger partial charge is 0.325 e. The van der Waals surface area contributed by atoms with Crippen molar-refractivity contribution in [1.82, 2.24) is 15.1 Å². The third-order valence-electron chi connectivity index (χ3n) is 1.92. The predicted molar refractivity (Wildman–Crippen MR) is 58.0 cm³/mol. The van der Waals surface area contributed by atoms with Gasteiger partial charge < -0.3 is 10.00 Å². The summed E-state index contributed by atoms with van der Waals surface area (Å²) in [5.74, 6) is 0. The van der Waals surface area contributed by atoms with Gasteiger partial charge in [-0.15, -0.1) is 0 Å². The molecule has 0 aliphatic carbocycles. The van der Waals surface area contributed by atoms with E-state index in [-0.39, 0.29) is 5.56 Å². The summed E-state index contributed by atoms with van der Waals surface area (Å²) in [6.45, 7) is 1.83. The minimum Gasteiger partial charge on any atom is -0.325 e. The van der Waals surface area contributed by atoms with Gasteiger partial charge in [0.05, 0.1) is 5.56 Å². The molecule has 0 radical (unpaired) electrons. The first-order valence-corrected chi connectivity index (χ1v) is 4.47. The monoisotopic (exact) mass is 207 g/mol. The lowest BCUT2D eigenvalue weighted by atomic mass is 10.1. The van der Waals surface area contributed by atoms with Gasteiger partial charge in [-0.2, -0.15) is 0 Å². The highest BCUT2D eigenvalue weighted by Crippen LogP contribution is 2.09. The van der Waals surface area contributed by atoms with Crippen LogP contribution < -0.4 is 5.56 Å². The normalized spacial score (nSPS) is 12.0. The lowest BCUT2D eigenvalue weighted by molar-refractivity contribution is -0.114. The van der Waals surface area contributed by atoms with Crippen LogP contribution >= 0.6 is 0 Å². The van der Waals surface area contributed by atoms with Gasteiger partial charge in [-0.25, -0.2) is 0 Å². The number of nitrogens with one attached hydrogen (secondary N) is 2. The molecule has 1 aromatic heterocycles. The van der Waals surface area contributed by atoms with Gasteiger partial charge in [0.15, 0.2) is 0 Å². The van der Waals surface area contributed by atoms with Crippen LogP contribution in [0.1, 0.15) is 12.5 Å². The molecule has 2 N–H and O–H groups in total. The summed E-state index contributed by atoms with van der Waals surface area (Å²) in [5.41, 5.74) is 1.13. The first kappa shape index (κ1) is 11.0. The summed E-state index contributed by atoms with van der Waals surface area (Å²) < 4.78 is 0. The molecule has 1 rings (SSSR count). The number of allylic oxidation sites excluding steroid dienone is 3. The van der Waals surface area contributed by atoms with Crippen LogP contribution in [0.4, 0.5) is 0 Å². The molecule has 0 unspecified atom stereocenters. The number of nitrogens with zero attached hydrogens (tertiary/aromatic N) is 1. The number of rotatable bonds is 4. The first-order chi connectivity index (χ1) is 7.19. The van der Waals surface area contributed by atoms with E-state index >= 15 is 0 Å². The lowest BCUT2D eigenvalue weighted by Gasteiger charge is -2.02. The van der Waals surface area contributed by atoms with E-state index in [1.54, 1.807) is 31.6 Å². The van der Waals surface area contributed by atoms with E-state index in [0.29, 0.717) is 12.0 Å². The number of aromatic nitrogens is 2. The second-order valence-electron chi connectivity index (χ2n) is 2.99. The minimum absolute atomic E-state index is 0.179. The molecule has 0 aliphatic rings. The topological polar surface area (TPSA) is 69.0 Å². The van der Waals surface area contributed by atoms with Crippen molar-refractivity contribution in [1.29, 1.82) is 0 Å². The molecule has 0 aromatic carbocycles. The summed E-state index contributed by atoms with van der Waals surface area (Å²) in [4.78, 5) is 23.0. The van der Waals surface area contributed by atoms with Crippen molar-refractivity contribution in [2.24, 2.45) is 0 Å². The van der Waals surface area contributed by atoms with E-state index in [1.807, 2.05) is 6.92 Å². The fraction of sp³-hybridized carbons (Fsp3) is 0.200. The van der Waals surface area contributed by atoms with Crippen LogP contribution in [0.2, 0.25) is 0 Å². The molecule has 0 fully saturated rings. The smallest absolute Gasteiger partial charge is 0.271 e. The van der Waals surface area contributed by atoms with Gasteiger partial charge in [0.25, 0.3) is 5.56 Å². The van der Waals surface area contributed by atoms with E-state index in [0.717, 1.165) is 5.57 Å². The van der Waals surface area contributed by atoms with E-state index in [1.165, 1.54) is 4.90 Å². The second kappa shape index (κ2) is 4.99. The van der Waals surface area contributed by atoms with Crippen molar-refractivity contribution >= 4 is 12.0 Å². The van der Waals surface area contributed by atoms with Crippen molar-refractivity contribution < 1.29 is 4.79 Å². The molecule has 0 spiro atoms. The molecule has 80 valence electrons. The van der Waals surface area contributed by atoms with Crippen LogP contribution in [0.5, 0.6) is 0 Å². The van der Waals surface area contributed by atoms with E-state index in [2.05, 4.69) is 10.2 Å². The Bertz CT molecular complexity index is 440. The van der Waals surface area contributed by atoms with Gasteiger partial charge in [-0.05, 0) is 18.6 Å². The molecule has 5 heteroatoms. The van der Waals surface area contributed by atoms with E-state index in [9.17, 15) is 9.59 Å². The van der Waals surface area contributed by atoms with Crippen LogP contribution in [0.15, 0.2) is 29.3 Å². The molecule has 1 aromatic rings. The van der Waals surface area contributed by atoms with Crippen molar-refractivity contribution in [3.63, 3.8) is 0 Å². The molecule has 0 atom stereocenters. The summed E-state index contributed by atoms with van der Waals surface area (Å²) in [6.07, 6.45) is 7.36. The zero-order valence-electron chi connectivity index (χ0n) is 8.65. The Balaban J connectivity index is 2.93. The molecule has 0 saturated carbocycles.